The number of anilines is 1. The fourth-order valence-electron chi connectivity index (χ4n) is 1.75. The largest absolute Gasteiger partial charge is 0.384 e. The number of aromatic nitrogens is 2. The van der Waals surface area contributed by atoms with Crippen molar-refractivity contribution in [3.63, 3.8) is 0 Å². The molecule has 1 heterocycles. The molecular weight excluding hydrogens is 273 g/mol. The van der Waals surface area contributed by atoms with Gasteiger partial charge in [0.1, 0.15) is 0 Å². The van der Waals surface area contributed by atoms with E-state index in [9.17, 15) is 0 Å². The maximum Gasteiger partial charge on any atom is 0.153 e. The van der Waals surface area contributed by atoms with Gasteiger partial charge in [-0.15, -0.1) is 0 Å². The van der Waals surface area contributed by atoms with Crippen molar-refractivity contribution in [2.75, 3.05) is 19.5 Å². The van der Waals surface area contributed by atoms with Gasteiger partial charge in [0.2, 0.25) is 0 Å². The lowest BCUT2D eigenvalue weighted by Crippen LogP contribution is -1.97. The lowest BCUT2D eigenvalue weighted by molar-refractivity contribution is 0.201. The van der Waals surface area contributed by atoms with Crippen LogP contribution in [0.5, 0.6) is 0 Å². The number of rotatable bonds is 4. The number of halogens is 2. The summed E-state index contributed by atoms with van der Waals surface area (Å²) in [6.07, 6.45) is 0.705. The lowest BCUT2D eigenvalue weighted by Gasteiger charge is -2.05. The van der Waals surface area contributed by atoms with Crippen LogP contribution in [-0.2, 0) is 11.2 Å². The third-order valence-electron chi connectivity index (χ3n) is 2.63. The Morgan fingerprint density at radius 3 is 2.78 bits per heavy atom. The van der Waals surface area contributed by atoms with Crippen LogP contribution in [0.2, 0.25) is 10.0 Å². The highest BCUT2D eigenvalue weighted by Crippen LogP contribution is 2.33. The Bertz CT molecular complexity index is 554. The van der Waals surface area contributed by atoms with Gasteiger partial charge in [0.05, 0.1) is 16.7 Å². The number of nitrogens with two attached hydrogens (primary N) is 1. The van der Waals surface area contributed by atoms with Gasteiger partial charge in [0.15, 0.2) is 5.82 Å². The van der Waals surface area contributed by atoms with Gasteiger partial charge < -0.3 is 10.5 Å². The molecule has 3 N–H and O–H groups in total. The van der Waals surface area contributed by atoms with Crippen molar-refractivity contribution in [3.05, 3.63) is 33.9 Å². The number of ether oxygens (including phenoxy) is 1. The van der Waals surface area contributed by atoms with Gasteiger partial charge in [-0.3, -0.25) is 5.10 Å². The number of methoxy groups -OCH3 is 1. The molecule has 0 aliphatic rings. The molecule has 0 aliphatic carbocycles. The van der Waals surface area contributed by atoms with Crippen LogP contribution < -0.4 is 5.73 Å². The van der Waals surface area contributed by atoms with E-state index >= 15 is 0 Å². The molecular formula is C12H13Cl2N3O. The van der Waals surface area contributed by atoms with Crippen LogP contribution in [0.15, 0.2) is 18.2 Å². The van der Waals surface area contributed by atoms with Crippen molar-refractivity contribution in [3.8, 4) is 11.1 Å². The Morgan fingerprint density at radius 1 is 1.33 bits per heavy atom. The molecule has 0 unspecified atom stereocenters. The first-order valence-electron chi connectivity index (χ1n) is 5.40. The molecule has 0 radical (unpaired) electrons. The van der Waals surface area contributed by atoms with Crippen LogP contribution in [0.25, 0.3) is 11.1 Å². The van der Waals surface area contributed by atoms with Gasteiger partial charge in [0.25, 0.3) is 0 Å². The summed E-state index contributed by atoms with van der Waals surface area (Å²) in [6, 6.07) is 5.39. The van der Waals surface area contributed by atoms with Crippen molar-refractivity contribution in [2.45, 2.75) is 6.42 Å². The second-order valence-electron chi connectivity index (χ2n) is 3.83. The van der Waals surface area contributed by atoms with Crippen LogP contribution in [0.3, 0.4) is 0 Å². The van der Waals surface area contributed by atoms with Gasteiger partial charge in [-0.25, -0.2) is 0 Å². The van der Waals surface area contributed by atoms with E-state index in [2.05, 4.69) is 10.2 Å². The third kappa shape index (κ3) is 2.61. The number of nitrogen functional groups attached to an aromatic ring is 1. The molecule has 0 bridgehead atoms. The van der Waals surface area contributed by atoms with E-state index in [0.717, 1.165) is 16.8 Å². The lowest BCUT2D eigenvalue weighted by atomic mass is 10.0. The SMILES string of the molecule is COCCc1[nH]nc(N)c1-c1ccc(Cl)c(Cl)c1. The van der Waals surface area contributed by atoms with E-state index in [-0.39, 0.29) is 0 Å². The number of nitrogens with one attached hydrogen (secondary N) is 1. The summed E-state index contributed by atoms with van der Waals surface area (Å²) in [4.78, 5) is 0. The highest BCUT2D eigenvalue weighted by atomic mass is 35.5. The summed E-state index contributed by atoms with van der Waals surface area (Å²) in [5.41, 5.74) is 8.54. The van der Waals surface area contributed by atoms with E-state index in [0.29, 0.717) is 28.9 Å². The van der Waals surface area contributed by atoms with Crippen molar-refractivity contribution >= 4 is 29.0 Å². The molecule has 0 spiro atoms. The van der Waals surface area contributed by atoms with E-state index in [1.54, 1.807) is 19.2 Å². The Hall–Kier alpha value is -1.23. The molecule has 0 saturated heterocycles. The first-order valence-corrected chi connectivity index (χ1v) is 6.16. The summed E-state index contributed by atoms with van der Waals surface area (Å²) in [5.74, 6) is 0.444. The van der Waals surface area contributed by atoms with E-state index in [1.165, 1.54) is 0 Å². The molecule has 18 heavy (non-hydrogen) atoms. The molecule has 1 aromatic heterocycles. The number of benzene rings is 1. The number of aromatic amines is 1. The summed E-state index contributed by atoms with van der Waals surface area (Å²) in [6.45, 7) is 0.593. The fraction of sp³-hybridized carbons (Fsp3) is 0.250. The maximum atomic E-state index is 6.01. The first-order chi connectivity index (χ1) is 8.63. The van der Waals surface area contributed by atoms with E-state index in [4.69, 9.17) is 33.7 Å². The van der Waals surface area contributed by atoms with Crippen LogP contribution >= 0.6 is 23.2 Å². The average Bonchev–Trinajstić information content (AvgIpc) is 2.71. The van der Waals surface area contributed by atoms with E-state index in [1.807, 2.05) is 6.07 Å². The van der Waals surface area contributed by atoms with Crippen LogP contribution in [0.1, 0.15) is 5.69 Å². The van der Waals surface area contributed by atoms with E-state index < -0.39 is 0 Å². The predicted octanol–water partition coefficient (Wildman–Crippen LogP) is 3.15. The quantitative estimate of drug-likeness (QED) is 0.907. The highest BCUT2D eigenvalue weighted by Gasteiger charge is 2.13. The summed E-state index contributed by atoms with van der Waals surface area (Å²) in [7, 11) is 1.65. The van der Waals surface area contributed by atoms with Gasteiger partial charge in [-0.2, -0.15) is 5.10 Å². The monoisotopic (exact) mass is 285 g/mol. The van der Waals surface area contributed by atoms with Crippen molar-refractivity contribution < 1.29 is 4.74 Å². The fourth-order valence-corrected chi connectivity index (χ4v) is 2.05. The molecule has 0 saturated carbocycles. The average molecular weight is 286 g/mol. The zero-order valence-corrected chi connectivity index (χ0v) is 11.3. The molecule has 2 rings (SSSR count). The second-order valence-corrected chi connectivity index (χ2v) is 4.65. The minimum atomic E-state index is 0.444. The van der Waals surface area contributed by atoms with Crippen molar-refractivity contribution in [2.24, 2.45) is 0 Å². The zero-order valence-electron chi connectivity index (χ0n) is 9.84. The summed E-state index contributed by atoms with van der Waals surface area (Å²) >= 11 is 11.9. The molecule has 1 aromatic carbocycles. The minimum absolute atomic E-state index is 0.444. The highest BCUT2D eigenvalue weighted by molar-refractivity contribution is 6.42. The number of hydrogen-bond acceptors (Lipinski definition) is 3. The number of H-pyrrole nitrogens is 1. The second kappa shape index (κ2) is 5.61. The standard InChI is InChI=1S/C12H13Cl2N3O/c1-18-5-4-10-11(12(15)17-16-10)7-2-3-8(13)9(14)6-7/h2-3,6H,4-5H2,1H3,(H3,15,16,17). The summed E-state index contributed by atoms with van der Waals surface area (Å²) < 4.78 is 5.05. The van der Waals surface area contributed by atoms with Gasteiger partial charge in [0, 0.05) is 24.8 Å². The van der Waals surface area contributed by atoms with Crippen molar-refractivity contribution in [1.82, 2.24) is 10.2 Å². The third-order valence-corrected chi connectivity index (χ3v) is 3.37. The molecule has 2 aromatic rings. The van der Waals surface area contributed by atoms with Gasteiger partial charge >= 0.3 is 0 Å². The Morgan fingerprint density at radius 2 is 2.11 bits per heavy atom. The van der Waals surface area contributed by atoms with Crippen LogP contribution in [-0.4, -0.2) is 23.9 Å². The van der Waals surface area contributed by atoms with Crippen LogP contribution in [0.4, 0.5) is 5.82 Å². The topological polar surface area (TPSA) is 63.9 Å². The first kappa shape index (κ1) is 13.2. The smallest absolute Gasteiger partial charge is 0.153 e. The zero-order chi connectivity index (χ0) is 13.1. The number of hydrogen-bond donors (Lipinski definition) is 2. The minimum Gasteiger partial charge on any atom is -0.384 e. The Labute approximate surface area is 115 Å². The normalized spacial score (nSPS) is 10.8. The molecule has 0 fully saturated rings. The van der Waals surface area contributed by atoms with Crippen molar-refractivity contribution in [1.29, 1.82) is 0 Å². The maximum absolute atomic E-state index is 6.01. The molecule has 4 nitrogen and oxygen atoms in total. The number of nitrogens with zero attached hydrogens (tertiary/aromatic N) is 1. The molecule has 0 amide bonds. The van der Waals surface area contributed by atoms with Gasteiger partial charge in [-0.1, -0.05) is 29.3 Å². The summed E-state index contributed by atoms with van der Waals surface area (Å²) in [5, 5.41) is 7.94. The van der Waals surface area contributed by atoms with Crippen LogP contribution in [0, 0.1) is 0 Å². The predicted molar refractivity (Wildman–Crippen MR) is 74.0 cm³/mol. The Balaban J connectivity index is 2.42. The molecule has 0 aliphatic heterocycles. The van der Waals surface area contributed by atoms with Gasteiger partial charge in [-0.05, 0) is 17.7 Å². The Kier molecular flexibility index (Phi) is 4.11. The molecule has 6 heteroatoms. The molecule has 0 atom stereocenters. The molecule has 96 valence electrons.